The SMILES string of the molecule is O=C1O[C@@H](CNc2ccon2)CN1c1cc(F)c(-c2ccc(-n3cnnn3)nc2)c(F)c1F. The number of ether oxygens (including phenoxy) is 1. The summed E-state index contributed by atoms with van der Waals surface area (Å²) in [5.41, 5.74) is -1.20. The minimum Gasteiger partial charge on any atom is -0.442 e. The summed E-state index contributed by atoms with van der Waals surface area (Å²) in [6, 6.07) is 5.07. The Bertz CT molecular complexity index is 1280. The first-order valence-corrected chi connectivity index (χ1v) is 9.51. The number of hydrogen-bond acceptors (Lipinski definition) is 9. The van der Waals surface area contributed by atoms with Crippen molar-refractivity contribution in [1.29, 1.82) is 0 Å². The van der Waals surface area contributed by atoms with Crippen LogP contribution in [-0.4, -0.2) is 55.6 Å². The number of tetrazole rings is 1. The zero-order valence-corrected chi connectivity index (χ0v) is 16.5. The van der Waals surface area contributed by atoms with Crippen LogP contribution in [0.3, 0.4) is 0 Å². The van der Waals surface area contributed by atoms with Crippen molar-refractivity contribution in [2.24, 2.45) is 0 Å². The number of cyclic esters (lactones) is 1. The quantitative estimate of drug-likeness (QED) is 0.434. The summed E-state index contributed by atoms with van der Waals surface area (Å²) in [6.07, 6.45) is 2.17. The van der Waals surface area contributed by atoms with E-state index in [1.165, 1.54) is 29.4 Å². The first-order valence-electron chi connectivity index (χ1n) is 9.51. The van der Waals surface area contributed by atoms with Crippen LogP contribution >= 0.6 is 0 Å². The fourth-order valence-corrected chi connectivity index (χ4v) is 3.33. The summed E-state index contributed by atoms with van der Waals surface area (Å²) in [5, 5.41) is 17.1. The van der Waals surface area contributed by atoms with E-state index in [1.807, 2.05) is 0 Å². The summed E-state index contributed by atoms with van der Waals surface area (Å²) >= 11 is 0. The molecule has 1 fully saturated rings. The third-order valence-corrected chi connectivity index (χ3v) is 4.87. The first-order chi connectivity index (χ1) is 16.0. The molecule has 0 radical (unpaired) electrons. The smallest absolute Gasteiger partial charge is 0.414 e. The number of nitrogens with zero attached hydrogens (tertiary/aromatic N) is 7. The molecule has 0 aliphatic carbocycles. The van der Waals surface area contributed by atoms with Gasteiger partial charge in [0.25, 0.3) is 0 Å². The Morgan fingerprint density at radius 3 is 2.76 bits per heavy atom. The summed E-state index contributed by atoms with van der Waals surface area (Å²) in [4.78, 5) is 17.1. The Morgan fingerprint density at radius 2 is 2.06 bits per heavy atom. The van der Waals surface area contributed by atoms with E-state index in [0.717, 1.165) is 17.2 Å². The summed E-state index contributed by atoms with van der Waals surface area (Å²) in [5.74, 6) is -3.21. The molecule has 0 bridgehead atoms. The molecule has 0 spiro atoms. The van der Waals surface area contributed by atoms with Crippen molar-refractivity contribution in [3.8, 4) is 16.9 Å². The van der Waals surface area contributed by atoms with Gasteiger partial charge in [0.15, 0.2) is 23.3 Å². The highest BCUT2D eigenvalue weighted by Crippen LogP contribution is 2.35. The largest absolute Gasteiger partial charge is 0.442 e. The number of carbonyl (C=O) groups is 1. The fraction of sp³-hybridized carbons (Fsp3) is 0.158. The third-order valence-electron chi connectivity index (χ3n) is 4.87. The van der Waals surface area contributed by atoms with Crippen LogP contribution in [0, 0.1) is 17.5 Å². The Morgan fingerprint density at radius 1 is 1.18 bits per heavy atom. The minimum atomic E-state index is -1.46. The highest BCUT2D eigenvalue weighted by atomic mass is 19.2. The average Bonchev–Trinajstić information content (AvgIpc) is 3.58. The number of halogens is 3. The number of hydrogen-bond donors (Lipinski definition) is 1. The van der Waals surface area contributed by atoms with Gasteiger partial charge in [-0.15, -0.1) is 5.10 Å². The molecule has 1 aliphatic heterocycles. The number of carbonyl (C=O) groups excluding carboxylic acids is 1. The molecule has 0 unspecified atom stereocenters. The van der Waals surface area contributed by atoms with Crippen molar-refractivity contribution >= 4 is 17.6 Å². The molecular formula is C19H13F3N8O3. The number of rotatable bonds is 6. The molecule has 33 heavy (non-hydrogen) atoms. The molecule has 1 aliphatic rings. The topological polar surface area (TPSA) is 124 Å². The molecular weight excluding hydrogens is 445 g/mol. The predicted molar refractivity (Wildman–Crippen MR) is 105 cm³/mol. The van der Waals surface area contributed by atoms with Gasteiger partial charge in [-0.2, -0.15) is 4.68 Å². The van der Waals surface area contributed by atoms with E-state index in [0.29, 0.717) is 11.6 Å². The number of amides is 1. The van der Waals surface area contributed by atoms with Gasteiger partial charge < -0.3 is 14.6 Å². The molecule has 1 atom stereocenters. The third kappa shape index (κ3) is 3.81. The van der Waals surface area contributed by atoms with Crippen LogP contribution < -0.4 is 10.2 Å². The van der Waals surface area contributed by atoms with Crippen LogP contribution in [-0.2, 0) is 4.74 Å². The van der Waals surface area contributed by atoms with E-state index in [2.05, 4.69) is 35.5 Å². The molecule has 11 nitrogen and oxygen atoms in total. The first kappa shape index (κ1) is 20.4. The van der Waals surface area contributed by atoms with E-state index in [-0.39, 0.29) is 18.7 Å². The van der Waals surface area contributed by atoms with Gasteiger partial charge >= 0.3 is 6.09 Å². The van der Waals surface area contributed by atoms with E-state index in [9.17, 15) is 18.0 Å². The van der Waals surface area contributed by atoms with Gasteiger partial charge in [0, 0.05) is 23.9 Å². The van der Waals surface area contributed by atoms with E-state index < -0.39 is 40.9 Å². The van der Waals surface area contributed by atoms with Crippen LogP contribution in [0.15, 0.2) is 47.6 Å². The normalized spacial score (nSPS) is 15.7. The monoisotopic (exact) mass is 458 g/mol. The average molecular weight is 458 g/mol. The van der Waals surface area contributed by atoms with Gasteiger partial charge in [-0.25, -0.2) is 22.9 Å². The molecule has 5 rings (SSSR count). The van der Waals surface area contributed by atoms with Crippen molar-refractivity contribution in [2.75, 3.05) is 23.3 Å². The predicted octanol–water partition coefficient (Wildman–Crippen LogP) is 2.57. The fourth-order valence-electron chi connectivity index (χ4n) is 3.33. The van der Waals surface area contributed by atoms with Crippen molar-refractivity contribution in [3.05, 3.63) is 60.5 Å². The van der Waals surface area contributed by atoms with E-state index in [1.54, 1.807) is 6.07 Å². The maximum atomic E-state index is 14.9. The van der Waals surface area contributed by atoms with Gasteiger partial charge in [0.05, 0.1) is 24.3 Å². The van der Waals surface area contributed by atoms with Crippen LogP contribution in [0.2, 0.25) is 0 Å². The Hall–Kier alpha value is -4.49. The van der Waals surface area contributed by atoms with Crippen LogP contribution in [0.5, 0.6) is 0 Å². The van der Waals surface area contributed by atoms with Crippen molar-refractivity contribution in [2.45, 2.75) is 6.10 Å². The van der Waals surface area contributed by atoms with Crippen LogP contribution in [0.4, 0.5) is 29.5 Å². The molecule has 1 amide bonds. The Balaban J connectivity index is 1.38. The summed E-state index contributed by atoms with van der Waals surface area (Å²) < 4.78 is 55.8. The zero-order valence-electron chi connectivity index (χ0n) is 16.5. The zero-order chi connectivity index (χ0) is 22.9. The minimum absolute atomic E-state index is 0.00837. The van der Waals surface area contributed by atoms with Crippen molar-refractivity contribution in [1.82, 2.24) is 30.3 Å². The lowest BCUT2D eigenvalue weighted by atomic mass is 10.0. The molecule has 168 valence electrons. The number of anilines is 2. The second-order valence-electron chi connectivity index (χ2n) is 6.92. The maximum Gasteiger partial charge on any atom is 0.414 e. The molecule has 1 N–H and O–H groups in total. The molecule has 4 heterocycles. The summed E-state index contributed by atoms with van der Waals surface area (Å²) in [6.45, 7) is 0.0137. The number of pyridine rings is 1. The van der Waals surface area contributed by atoms with Gasteiger partial charge in [-0.05, 0) is 22.6 Å². The standard InChI is InChI=1S/C19H13F3N8O3/c20-12-5-13(29-8-11(33-19(29)31)7-23-14-3-4-32-26-14)17(21)18(22)16(12)10-1-2-15(24-6-10)30-9-25-27-28-30/h1-6,9,11H,7-8H2,(H,23,26)/t11-/m0/s1. The van der Waals surface area contributed by atoms with Gasteiger partial charge in [-0.3, -0.25) is 4.90 Å². The van der Waals surface area contributed by atoms with Crippen molar-refractivity contribution in [3.63, 3.8) is 0 Å². The van der Waals surface area contributed by atoms with Crippen LogP contribution in [0.25, 0.3) is 16.9 Å². The van der Waals surface area contributed by atoms with Crippen molar-refractivity contribution < 1.29 is 27.2 Å². The summed E-state index contributed by atoms with van der Waals surface area (Å²) in [7, 11) is 0. The van der Waals surface area contributed by atoms with E-state index >= 15 is 0 Å². The molecule has 1 saturated heterocycles. The second-order valence-corrected chi connectivity index (χ2v) is 6.92. The number of aromatic nitrogens is 6. The molecule has 0 saturated carbocycles. The highest BCUT2D eigenvalue weighted by molar-refractivity contribution is 5.90. The van der Waals surface area contributed by atoms with E-state index in [4.69, 9.17) is 4.74 Å². The number of benzene rings is 1. The molecule has 4 aromatic rings. The second kappa shape index (κ2) is 8.22. The van der Waals surface area contributed by atoms with Gasteiger partial charge in [-0.1, -0.05) is 5.16 Å². The van der Waals surface area contributed by atoms with Gasteiger partial charge in [0.1, 0.15) is 24.5 Å². The highest BCUT2D eigenvalue weighted by Gasteiger charge is 2.36. The lowest BCUT2D eigenvalue weighted by Gasteiger charge is -2.17. The number of nitrogens with one attached hydrogen (secondary N) is 1. The Kier molecular flexibility index (Phi) is 5.08. The molecule has 1 aromatic carbocycles. The Labute approximate surface area is 182 Å². The van der Waals surface area contributed by atoms with Gasteiger partial charge in [0.2, 0.25) is 0 Å². The van der Waals surface area contributed by atoms with Crippen LogP contribution in [0.1, 0.15) is 0 Å². The lowest BCUT2D eigenvalue weighted by molar-refractivity contribution is 0.147. The molecule has 14 heteroatoms. The lowest BCUT2D eigenvalue weighted by Crippen LogP contribution is -2.28. The molecule has 3 aromatic heterocycles. The maximum absolute atomic E-state index is 14.9.